The Morgan fingerprint density at radius 3 is 0.953 bits per heavy atom. The second-order valence-corrected chi connectivity index (χ2v) is 14.4. The molecule has 0 bridgehead atoms. The molecule has 0 atom stereocenters. The van der Waals surface area contributed by atoms with Crippen molar-refractivity contribution in [3.8, 4) is 0 Å². The number of fused-ring (bicyclic) bond motifs is 3. The third-order valence-corrected chi connectivity index (χ3v) is 10.8. The first-order chi connectivity index (χ1) is 20.7. The Morgan fingerprint density at radius 1 is 0.395 bits per heavy atom. The van der Waals surface area contributed by atoms with E-state index >= 15 is 0 Å². The van der Waals surface area contributed by atoms with Gasteiger partial charge in [-0.25, -0.2) is 0 Å². The van der Waals surface area contributed by atoms with E-state index in [4.69, 9.17) is 8.56 Å². The van der Waals surface area contributed by atoms with Crippen LogP contribution in [0.5, 0.6) is 0 Å². The maximum absolute atomic E-state index is 13.3. The molecule has 43 heavy (non-hydrogen) atoms. The number of hydrogen-bond acceptors (Lipinski definition) is 6. The number of carbonyl (C=O) groups is 3. The molecular formula is C36H27InO6. The SMILES string of the molecule is Cc1ccc2cc(C(=O)[O][In]([O]C(=O)c3ccc4cc(C)ccc4c3)[O]C(=O)c3ccc4cc(C)ccc4c3)ccc2c1. The van der Waals surface area contributed by atoms with E-state index in [1.54, 1.807) is 36.4 Å². The minimum absolute atomic E-state index is 0.271. The van der Waals surface area contributed by atoms with E-state index in [1.165, 1.54) is 0 Å². The van der Waals surface area contributed by atoms with Crippen molar-refractivity contribution >= 4 is 73.0 Å². The summed E-state index contributed by atoms with van der Waals surface area (Å²) in [6.45, 7) is 5.99. The molecule has 6 rings (SSSR count). The minimum atomic E-state index is -4.57. The van der Waals surface area contributed by atoms with Crippen molar-refractivity contribution < 1.29 is 22.9 Å². The zero-order valence-electron chi connectivity index (χ0n) is 23.9. The summed E-state index contributed by atoms with van der Waals surface area (Å²) < 4.78 is 17.1. The monoisotopic (exact) mass is 670 g/mol. The molecular weight excluding hydrogens is 643 g/mol. The van der Waals surface area contributed by atoms with Gasteiger partial charge in [-0.1, -0.05) is 0 Å². The summed E-state index contributed by atoms with van der Waals surface area (Å²) in [4.78, 5) is 39.8. The van der Waals surface area contributed by atoms with Gasteiger partial charge >= 0.3 is 259 Å². The first-order valence-electron chi connectivity index (χ1n) is 13.9. The topological polar surface area (TPSA) is 78.9 Å². The summed E-state index contributed by atoms with van der Waals surface area (Å²) in [6.07, 6.45) is 0. The summed E-state index contributed by atoms with van der Waals surface area (Å²) in [5.41, 5.74) is 4.12. The van der Waals surface area contributed by atoms with Crippen LogP contribution in [0.15, 0.2) is 109 Å². The molecule has 0 aromatic heterocycles. The van der Waals surface area contributed by atoms with Crippen LogP contribution in [0.1, 0.15) is 47.8 Å². The zero-order valence-corrected chi connectivity index (χ0v) is 27.2. The van der Waals surface area contributed by atoms with Gasteiger partial charge < -0.3 is 0 Å². The van der Waals surface area contributed by atoms with Gasteiger partial charge in [0, 0.05) is 0 Å². The van der Waals surface area contributed by atoms with Crippen molar-refractivity contribution in [1.29, 1.82) is 0 Å². The molecule has 0 N–H and O–H groups in total. The Hall–Kier alpha value is -4.62. The van der Waals surface area contributed by atoms with Gasteiger partial charge in [-0.2, -0.15) is 0 Å². The molecule has 210 valence electrons. The predicted molar refractivity (Wildman–Crippen MR) is 168 cm³/mol. The molecule has 0 unspecified atom stereocenters. The summed E-state index contributed by atoms with van der Waals surface area (Å²) in [7, 11) is 0. The van der Waals surface area contributed by atoms with Crippen LogP contribution >= 0.6 is 0 Å². The molecule has 6 nitrogen and oxygen atoms in total. The fourth-order valence-electron chi connectivity index (χ4n) is 5.01. The van der Waals surface area contributed by atoms with Gasteiger partial charge in [0.1, 0.15) is 0 Å². The predicted octanol–water partition coefficient (Wildman–Crippen LogP) is 7.93. The number of carbonyl (C=O) groups excluding carboxylic acids is 3. The standard InChI is InChI=1S/3C12H10O2.In/c3*1-8-2-3-10-7-11(12(13)14)5-4-9(10)6-8;/h3*2-7H,1H3,(H,13,14);/q;;;+3/p-3. The molecule has 6 aromatic rings. The van der Waals surface area contributed by atoms with Crippen molar-refractivity contribution in [2.45, 2.75) is 20.8 Å². The maximum atomic E-state index is 13.3. The summed E-state index contributed by atoms with van der Waals surface area (Å²) in [5.74, 6) is -2.15. The van der Waals surface area contributed by atoms with Gasteiger partial charge in [0.2, 0.25) is 0 Å². The third kappa shape index (κ3) is 6.42. The summed E-state index contributed by atoms with van der Waals surface area (Å²) in [5, 5.41) is 5.52. The molecule has 0 aliphatic carbocycles. The number of benzene rings is 6. The Balaban J connectivity index is 1.27. The van der Waals surface area contributed by atoms with Gasteiger partial charge in [-0.15, -0.1) is 0 Å². The zero-order chi connectivity index (χ0) is 30.1. The first kappa shape index (κ1) is 28.5. The molecule has 0 saturated heterocycles. The van der Waals surface area contributed by atoms with Gasteiger partial charge in [0.05, 0.1) is 0 Å². The van der Waals surface area contributed by atoms with Crippen molar-refractivity contribution in [1.82, 2.24) is 0 Å². The fourth-order valence-corrected chi connectivity index (χ4v) is 8.09. The number of rotatable bonds is 6. The van der Waals surface area contributed by atoms with Crippen LogP contribution in [-0.2, 0) is 8.56 Å². The molecule has 0 fully saturated rings. The molecule has 0 saturated carbocycles. The van der Waals surface area contributed by atoms with Crippen molar-refractivity contribution in [2.75, 3.05) is 0 Å². The number of hydrogen-bond donors (Lipinski definition) is 0. The van der Waals surface area contributed by atoms with Crippen molar-refractivity contribution in [3.05, 3.63) is 143 Å². The molecule has 0 spiro atoms. The van der Waals surface area contributed by atoms with E-state index in [2.05, 4.69) is 0 Å². The van der Waals surface area contributed by atoms with Crippen LogP contribution in [-0.4, -0.2) is 40.7 Å². The Labute approximate surface area is 258 Å². The van der Waals surface area contributed by atoms with E-state index in [0.29, 0.717) is 0 Å². The van der Waals surface area contributed by atoms with Crippen LogP contribution in [0.2, 0.25) is 0 Å². The molecule has 0 aliphatic rings. The van der Waals surface area contributed by atoms with Gasteiger partial charge in [0.15, 0.2) is 0 Å². The fraction of sp³-hybridized carbons (Fsp3) is 0.0833. The van der Waals surface area contributed by atoms with Gasteiger partial charge in [-0.05, 0) is 0 Å². The second-order valence-electron chi connectivity index (χ2n) is 10.7. The van der Waals surface area contributed by atoms with E-state index in [-0.39, 0.29) is 16.7 Å². The normalized spacial score (nSPS) is 11.0. The van der Waals surface area contributed by atoms with Crippen molar-refractivity contribution in [2.24, 2.45) is 0 Å². The Kier molecular flexibility index (Phi) is 7.91. The molecule has 0 radical (unpaired) electrons. The molecule has 0 amide bonds. The van der Waals surface area contributed by atoms with Crippen LogP contribution in [0.4, 0.5) is 0 Å². The van der Waals surface area contributed by atoms with E-state index < -0.39 is 40.7 Å². The first-order valence-corrected chi connectivity index (χ1v) is 17.9. The average Bonchev–Trinajstić information content (AvgIpc) is 3.00. The van der Waals surface area contributed by atoms with Crippen LogP contribution in [0.25, 0.3) is 32.3 Å². The summed E-state index contributed by atoms with van der Waals surface area (Å²) in [6, 6.07) is 33.2. The Bertz CT molecular complexity index is 1830. The number of aryl methyl sites for hydroxylation is 3. The third-order valence-electron chi connectivity index (χ3n) is 7.30. The van der Waals surface area contributed by atoms with Crippen LogP contribution in [0, 0.1) is 20.8 Å². The Morgan fingerprint density at radius 2 is 0.651 bits per heavy atom. The van der Waals surface area contributed by atoms with Gasteiger partial charge in [0.25, 0.3) is 0 Å². The van der Waals surface area contributed by atoms with E-state index in [9.17, 15) is 14.4 Å². The molecule has 7 heteroatoms. The average molecular weight is 670 g/mol. The van der Waals surface area contributed by atoms with Gasteiger partial charge in [-0.3, -0.25) is 0 Å². The van der Waals surface area contributed by atoms with E-state index in [1.807, 2.05) is 93.6 Å². The molecule has 0 aliphatic heterocycles. The quantitative estimate of drug-likeness (QED) is 0.179. The van der Waals surface area contributed by atoms with E-state index in [0.717, 1.165) is 49.0 Å². The van der Waals surface area contributed by atoms with Crippen molar-refractivity contribution in [3.63, 3.8) is 0 Å². The molecule has 6 aromatic carbocycles. The second kappa shape index (κ2) is 11.9. The molecule has 0 heterocycles. The summed E-state index contributed by atoms with van der Waals surface area (Å²) >= 11 is -4.57. The van der Waals surface area contributed by atoms with Crippen LogP contribution in [0.3, 0.4) is 0 Å². The van der Waals surface area contributed by atoms with Crippen LogP contribution < -0.4 is 0 Å².